The summed E-state index contributed by atoms with van der Waals surface area (Å²) < 4.78 is 0. The molecule has 0 aromatic heterocycles. The second-order valence-electron chi connectivity index (χ2n) is 5.84. The molecule has 3 heteroatoms. The minimum absolute atomic E-state index is 0.529. The molecule has 2 unspecified atom stereocenters. The van der Waals surface area contributed by atoms with Crippen molar-refractivity contribution in [1.29, 1.82) is 0 Å². The smallest absolute Gasteiger partial charge is 0.0429 e. The van der Waals surface area contributed by atoms with Crippen LogP contribution in [0.25, 0.3) is 0 Å². The maximum absolute atomic E-state index is 5.82. The zero-order valence-corrected chi connectivity index (χ0v) is 12.5. The summed E-state index contributed by atoms with van der Waals surface area (Å²) in [7, 11) is 2.23. The summed E-state index contributed by atoms with van der Waals surface area (Å²) in [5.74, 6) is 0. The summed E-state index contributed by atoms with van der Waals surface area (Å²) in [6.07, 6.45) is 2.27. The molecule has 0 saturated carbocycles. The Kier molecular flexibility index (Phi) is 4.83. The van der Waals surface area contributed by atoms with Gasteiger partial charge in [0.25, 0.3) is 0 Å². The SMILES string of the molecule is Cc1cccc(N2CCC(C)N(C)CC2CCN)c1. The average molecular weight is 261 g/mol. The van der Waals surface area contributed by atoms with Gasteiger partial charge in [-0.1, -0.05) is 12.1 Å². The molecule has 1 heterocycles. The Morgan fingerprint density at radius 3 is 2.84 bits per heavy atom. The maximum Gasteiger partial charge on any atom is 0.0429 e. The van der Waals surface area contributed by atoms with Crippen LogP contribution in [0.15, 0.2) is 24.3 Å². The maximum atomic E-state index is 5.82. The topological polar surface area (TPSA) is 32.5 Å². The minimum Gasteiger partial charge on any atom is -0.367 e. The van der Waals surface area contributed by atoms with Gasteiger partial charge in [0.1, 0.15) is 0 Å². The van der Waals surface area contributed by atoms with Crippen molar-refractivity contribution in [2.45, 2.75) is 38.8 Å². The minimum atomic E-state index is 0.529. The molecule has 1 saturated heterocycles. The van der Waals surface area contributed by atoms with E-state index in [0.29, 0.717) is 12.1 Å². The van der Waals surface area contributed by atoms with E-state index in [4.69, 9.17) is 5.73 Å². The molecule has 0 radical (unpaired) electrons. The largest absolute Gasteiger partial charge is 0.367 e. The number of benzene rings is 1. The molecule has 2 N–H and O–H groups in total. The Hall–Kier alpha value is -1.06. The van der Waals surface area contributed by atoms with E-state index in [1.165, 1.54) is 17.7 Å². The predicted octanol–water partition coefficient (Wildman–Crippen LogP) is 2.24. The van der Waals surface area contributed by atoms with Gasteiger partial charge in [-0.2, -0.15) is 0 Å². The van der Waals surface area contributed by atoms with Gasteiger partial charge in [-0.15, -0.1) is 0 Å². The van der Waals surface area contributed by atoms with Crippen molar-refractivity contribution in [3.8, 4) is 0 Å². The molecule has 1 aliphatic rings. The summed E-state index contributed by atoms with van der Waals surface area (Å²) >= 11 is 0. The third-order valence-corrected chi connectivity index (χ3v) is 4.31. The zero-order valence-electron chi connectivity index (χ0n) is 12.5. The molecule has 0 aliphatic carbocycles. The summed E-state index contributed by atoms with van der Waals surface area (Å²) in [6, 6.07) is 10.0. The lowest BCUT2D eigenvalue weighted by Crippen LogP contribution is -2.42. The van der Waals surface area contributed by atoms with Crippen LogP contribution in [0.5, 0.6) is 0 Å². The van der Waals surface area contributed by atoms with Crippen LogP contribution in [0.2, 0.25) is 0 Å². The Morgan fingerprint density at radius 1 is 1.37 bits per heavy atom. The number of anilines is 1. The van der Waals surface area contributed by atoms with E-state index < -0.39 is 0 Å². The van der Waals surface area contributed by atoms with Gasteiger partial charge in [0.2, 0.25) is 0 Å². The van der Waals surface area contributed by atoms with E-state index in [2.05, 4.69) is 55.0 Å². The predicted molar refractivity (Wildman–Crippen MR) is 82.7 cm³/mol. The molecule has 0 spiro atoms. The summed E-state index contributed by atoms with van der Waals surface area (Å²) in [5, 5.41) is 0. The Morgan fingerprint density at radius 2 is 2.16 bits per heavy atom. The number of aryl methyl sites for hydroxylation is 1. The van der Waals surface area contributed by atoms with Crippen LogP contribution in [-0.4, -0.2) is 43.7 Å². The number of hydrogen-bond donors (Lipinski definition) is 1. The van der Waals surface area contributed by atoms with Gasteiger partial charge in [0.15, 0.2) is 0 Å². The van der Waals surface area contributed by atoms with Crippen molar-refractivity contribution in [2.24, 2.45) is 5.73 Å². The fourth-order valence-electron chi connectivity index (χ4n) is 2.93. The Balaban J connectivity index is 2.24. The number of nitrogens with zero attached hydrogens (tertiary/aromatic N) is 2. The first-order valence-corrected chi connectivity index (χ1v) is 7.35. The van der Waals surface area contributed by atoms with Gasteiger partial charge >= 0.3 is 0 Å². The normalized spacial score (nSPS) is 25.4. The molecule has 1 aromatic rings. The van der Waals surface area contributed by atoms with Crippen molar-refractivity contribution in [3.05, 3.63) is 29.8 Å². The second-order valence-corrected chi connectivity index (χ2v) is 5.84. The molecule has 1 fully saturated rings. The number of nitrogens with two attached hydrogens (primary N) is 1. The number of hydrogen-bond acceptors (Lipinski definition) is 3. The van der Waals surface area contributed by atoms with E-state index in [0.717, 1.165) is 26.1 Å². The molecule has 0 amide bonds. The highest BCUT2D eigenvalue weighted by atomic mass is 15.2. The van der Waals surface area contributed by atoms with Crippen molar-refractivity contribution >= 4 is 5.69 Å². The van der Waals surface area contributed by atoms with Crippen LogP contribution in [0.3, 0.4) is 0 Å². The van der Waals surface area contributed by atoms with Gasteiger partial charge in [-0.3, -0.25) is 0 Å². The molecule has 1 aliphatic heterocycles. The first-order valence-electron chi connectivity index (χ1n) is 7.35. The van der Waals surface area contributed by atoms with Crippen molar-refractivity contribution < 1.29 is 0 Å². The molecule has 1 aromatic carbocycles. The summed E-state index contributed by atoms with van der Waals surface area (Å²) in [5.41, 5.74) is 8.49. The molecule has 0 bridgehead atoms. The number of likely N-dealkylation sites (N-methyl/N-ethyl adjacent to an activating group) is 1. The molecule has 19 heavy (non-hydrogen) atoms. The van der Waals surface area contributed by atoms with Gasteiger partial charge in [-0.05, 0) is 58.0 Å². The van der Waals surface area contributed by atoms with Crippen LogP contribution < -0.4 is 10.6 Å². The van der Waals surface area contributed by atoms with Crippen molar-refractivity contribution in [2.75, 3.05) is 31.6 Å². The highest BCUT2D eigenvalue weighted by Gasteiger charge is 2.26. The molecular formula is C16H27N3. The van der Waals surface area contributed by atoms with Crippen molar-refractivity contribution in [3.63, 3.8) is 0 Å². The molecule has 2 rings (SSSR count). The fourth-order valence-corrected chi connectivity index (χ4v) is 2.93. The third kappa shape index (κ3) is 3.48. The van der Waals surface area contributed by atoms with E-state index in [1.807, 2.05) is 0 Å². The molecule has 3 nitrogen and oxygen atoms in total. The van der Waals surface area contributed by atoms with Crippen molar-refractivity contribution in [1.82, 2.24) is 4.90 Å². The zero-order chi connectivity index (χ0) is 13.8. The van der Waals surface area contributed by atoms with Crippen LogP contribution in [0.1, 0.15) is 25.3 Å². The van der Waals surface area contributed by atoms with E-state index in [1.54, 1.807) is 0 Å². The van der Waals surface area contributed by atoms with Gasteiger partial charge < -0.3 is 15.5 Å². The standard InChI is InChI=1S/C16H27N3/c1-13-5-4-6-15(11-13)19-10-8-14(2)18(3)12-16(19)7-9-17/h4-6,11,14,16H,7-10,12,17H2,1-3H3. The van der Waals surface area contributed by atoms with E-state index in [-0.39, 0.29) is 0 Å². The molecule has 2 atom stereocenters. The Labute approximate surface area is 117 Å². The molecular weight excluding hydrogens is 234 g/mol. The van der Waals surface area contributed by atoms with E-state index in [9.17, 15) is 0 Å². The van der Waals surface area contributed by atoms with Crippen LogP contribution in [-0.2, 0) is 0 Å². The van der Waals surface area contributed by atoms with Crippen LogP contribution >= 0.6 is 0 Å². The molecule has 106 valence electrons. The lowest BCUT2D eigenvalue weighted by atomic mass is 10.1. The highest BCUT2D eigenvalue weighted by Crippen LogP contribution is 2.24. The first-order chi connectivity index (χ1) is 9.11. The summed E-state index contributed by atoms with van der Waals surface area (Å²) in [4.78, 5) is 5.02. The van der Waals surface area contributed by atoms with E-state index >= 15 is 0 Å². The average Bonchev–Trinajstić information content (AvgIpc) is 2.51. The second kappa shape index (κ2) is 6.40. The van der Waals surface area contributed by atoms with Crippen LogP contribution in [0, 0.1) is 6.92 Å². The van der Waals surface area contributed by atoms with Crippen LogP contribution in [0.4, 0.5) is 5.69 Å². The number of rotatable bonds is 3. The quantitative estimate of drug-likeness (QED) is 0.906. The van der Waals surface area contributed by atoms with Gasteiger partial charge in [0.05, 0.1) is 0 Å². The fraction of sp³-hybridized carbons (Fsp3) is 0.625. The lowest BCUT2D eigenvalue weighted by Gasteiger charge is -2.33. The monoisotopic (exact) mass is 261 g/mol. The van der Waals surface area contributed by atoms with Gasteiger partial charge in [-0.25, -0.2) is 0 Å². The first kappa shape index (κ1) is 14.4. The highest BCUT2D eigenvalue weighted by molar-refractivity contribution is 5.49. The van der Waals surface area contributed by atoms with Gasteiger partial charge in [0, 0.05) is 30.9 Å². The lowest BCUT2D eigenvalue weighted by molar-refractivity contribution is 0.253. The Bertz CT molecular complexity index is 405. The third-order valence-electron chi connectivity index (χ3n) is 4.31. The summed E-state index contributed by atoms with van der Waals surface area (Å²) in [6.45, 7) is 7.47.